The zero-order valence-corrected chi connectivity index (χ0v) is 14.9. The summed E-state index contributed by atoms with van der Waals surface area (Å²) in [5.41, 5.74) is -0.552. The van der Waals surface area contributed by atoms with Gasteiger partial charge in [-0.2, -0.15) is 0 Å². The molecule has 2 atom stereocenters. The van der Waals surface area contributed by atoms with Gasteiger partial charge in [0.15, 0.2) is 0 Å². The van der Waals surface area contributed by atoms with Crippen molar-refractivity contribution in [3.8, 4) is 0 Å². The molecule has 24 heavy (non-hydrogen) atoms. The Morgan fingerprint density at radius 3 is 2.83 bits per heavy atom. The van der Waals surface area contributed by atoms with Crippen LogP contribution in [-0.4, -0.2) is 39.2 Å². The molecule has 1 fully saturated rings. The van der Waals surface area contributed by atoms with E-state index in [1.165, 1.54) is 18.2 Å². The second-order valence-electron chi connectivity index (χ2n) is 5.80. The maximum Gasteiger partial charge on any atom is 0.288 e. The van der Waals surface area contributed by atoms with Gasteiger partial charge in [-0.1, -0.05) is 18.8 Å². The van der Waals surface area contributed by atoms with Crippen molar-refractivity contribution in [3.05, 3.63) is 42.0 Å². The molecule has 9 heteroatoms. The Labute approximate surface area is 146 Å². The van der Waals surface area contributed by atoms with Crippen LogP contribution in [0, 0.1) is 5.82 Å². The summed E-state index contributed by atoms with van der Waals surface area (Å²) >= 11 is 4.55. The fourth-order valence-corrected chi connectivity index (χ4v) is 4.15. The molecule has 2 N–H and O–H groups in total. The van der Waals surface area contributed by atoms with Crippen LogP contribution >= 0.6 is 12.2 Å². The van der Waals surface area contributed by atoms with Crippen LogP contribution in [0.2, 0.25) is 0 Å². The molecule has 0 aromatic heterocycles. The predicted octanol–water partition coefficient (Wildman–Crippen LogP) is 2.76. The van der Waals surface area contributed by atoms with Gasteiger partial charge in [0, 0.05) is 29.1 Å². The van der Waals surface area contributed by atoms with Gasteiger partial charge in [0.05, 0.1) is 23.0 Å². The Morgan fingerprint density at radius 2 is 2.21 bits per heavy atom. The van der Waals surface area contributed by atoms with E-state index in [1.807, 2.05) is 0 Å². The minimum Gasteiger partial charge on any atom is -0.362 e. The molecule has 0 saturated carbocycles. The van der Waals surface area contributed by atoms with Crippen molar-refractivity contribution in [1.29, 1.82) is 0 Å². The van der Waals surface area contributed by atoms with E-state index in [9.17, 15) is 17.4 Å². The first kappa shape index (κ1) is 18.7. The Morgan fingerprint density at radius 1 is 1.54 bits per heavy atom. The van der Waals surface area contributed by atoms with Gasteiger partial charge in [0.1, 0.15) is 10.8 Å². The molecule has 2 rings (SSSR count). The van der Waals surface area contributed by atoms with Gasteiger partial charge < -0.3 is 15.5 Å². The summed E-state index contributed by atoms with van der Waals surface area (Å²) in [6.45, 7) is 5.55. The molecular formula is C15H18F3N3OS2. The Bertz CT molecular complexity index is 699. The number of benzene rings is 1. The molecule has 1 unspecified atom stereocenters. The Balaban J connectivity index is 2.40. The van der Waals surface area contributed by atoms with Crippen LogP contribution in [-0.2, 0) is 16.3 Å². The van der Waals surface area contributed by atoms with Crippen LogP contribution in [0.1, 0.15) is 12.5 Å². The molecule has 4 nitrogen and oxygen atoms in total. The Kier molecular flexibility index (Phi) is 5.54. The first-order valence-electron chi connectivity index (χ1n) is 7.04. The third kappa shape index (κ3) is 4.07. The molecule has 0 bridgehead atoms. The number of nitrogens with zero attached hydrogens (tertiary/aromatic N) is 1. The zero-order chi connectivity index (χ0) is 18.1. The summed E-state index contributed by atoms with van der Waals surface area (Å²) in [5, 5.41) is 5.48. The largest absolute Gasteiger partial charge is 0.362 e. The monoisotopic (exact) mass is 377 g/mol. The van der Waals surface area contributed by atoms with Crippen molar-refractivity contribution in [2.24, 2.45) is 0 Å². The number of alkyl halides is 2. The number of nitrogens with one attached hydrogen (secondary N) is 2. The van der Waals surface area contributed by atoms with Crippen molar-refractivity contribution in [1.82, 2.24) is 10.2 Å². The van der Waals surface area contributed by atoms with Gasteiger partial charge in [-0.25, -0.2) is 13.2 Å². The van der Waals surface area contributed by atoms with E-state index in [0.717, 1.165) is 0 Å². The molecule has 1 aliphatic heterocycles. The fraction of sp³-hybridized carbons (Fsp3) is 0.400. The predicted molar refractivity (Wildman–Crippen MR) is 93.9 cm³/mol. The average molecular weight is 377 g/mol. The summed E-state index contributed by atoms with van der Waals surface area (Å²) in [4.78, 5) is 1.05. The third-order valence-corrected chi connectivity index (χ3v) is 5.55. The lowest BCUT2D eigenvalue weighted by molar-refractivity contribution is 0.228. The maximum absolute atomic E-state index is 14.4. The number of hydrogen-bond donors (Lipinski definition) is 2. The van der Waals surface area contributed by atoms with Gasteiger partial charge in [-0.3, -0.25) is 4.21 Å². The summed E-state index contributed by atoms with van der Waals surface area (Å²) in [6.07, 6.45) is -2.80. The minimum absolute atomic E-state index is 0.149. The highest BCUT2D eigenvalue weighted by molar-refractivity contribution is 7.85. The SMILES string of the molecule is C=C1N[C@](C)(c2cc(NC(=S)C(F)F)ccc2F)CS(=O)CN1C. The lowest BCUT2D eigenvalue weighted by Gasteiger charge is -2.32. The molecule has 1 heterocycles. The highest BCUT2D eigenvalue weighted by atomic mass is 32.2. The van der Waals surface area contributed by atoms with Crippen LogP contribution in [0.15, 0.2) is 30.6 Å². The lowest BCUT2D eigenvalue weighted by Crippen LogP contribution is -2.43. The van der Waals surface area contributed by atoms with E-state index in [0.29, 0.717) is 5.82 Å². The van der Waals surface area contributed by atoms with Crippen molar-refractivity contribution in [3.63, 3.8) is 0 Å². The molecule has 1 aliphatic rings. The molecule has 0 radical (unpaired) electrons. The normalized spacial score (nSPS) is 24.5. The van der Waals surface area contributed by atoms with Crippen LogP contribution < -0.4 is 10.6 Å². The molecule has 0 aliphatic carbocycles. The van der Waals surface area contributed by atoms with Crippen LogP contribution in [0.3, 0.4) is 0 Å². The van der Waals surface area contributed by atoms with Crippen molar-refractivity contribution in [2.45, 2.75) is 18.9 Å². The smallest absolute Gasteiger partial charge is 0.288 e. The molecule has 1 aromatic carbocycles. The number of thiocarbonyl (C=S) groups is 1. The average Bonchev–Trinajstić information content (AvgIpc) is 2.57. The van der Waals surface area contributed by atoms with E-state index in [-0.39, 0.29) is 22.9 Å². The van der Waals surface area contributed by atoms with Crippen LogP contribution in [0.25, 0.3) is 0 Å². The molecule has 0 spiro atoms. The maximum atomic E-state index is 14.4. The molecular weight excluding hydrogens is 359 g/mol. The number of hydrogen-bond acceptors (Lipinski definition) is 4. The van der Waals surface area contributed by atoms with Gasteiger partial charge >= 0.3 is 0 Å². The summed E-state index contributed by atoms with van der Waals surface area (Å²) in [5.74, 6) is 0.393. The molecule has 1 aromatic rings. The zero-order valence-electron chi connectivity index (χ0n) is 13.2. The van der Waals surface area contributed by atoms with E-state index in [2.05, 4.69) is 29.4 Å². The van der Waals surface area contributed by atoms with Gasteiger partial charge in [0.25, 0.3) is 6.43 Å². The highest BCUT2D eigenvalue weighted by Gasteiger charge is 2.35. The lowest BCUT2D eigenvalue weighted by atomic mass is 9.93. The Hall–Kier alpha value is -1.61. The third-order valence-electron chi connectivity index (χ3n) is 3.69. The summed E-state index contributed by atoms with van der Waals surface area (Å²) in [7, 11) is 0.489. The number of rotatable bonds is 3. The fourth-order valence-electron chi connectivity index (χ4n) is 2.48. The van der Waals surface area contributed by atoms with Crippen molar-refractivity contribution >= 4 is 33.7 Å². The number of halogens is 3. The second-order valence-corrected chi connectivity index (χ2v) is 7.67. The van der Waals surface area contributed by atoms with Crippen molar-refractivity contribution in [2.75, 3.05) is 24.0 Å². The first-order valence-corrected chi connectivity index (χ1v) is 8.94. The van der Waals surface area contributed by atoms with Crippen LogP contribution in [0.5, 0.6) is 0 Å². The van der Waals surface area contributed by atoms with Gasteiger partial charge in [-0.05, 0) is 25.1 Å². The summed E-state index contributed by atoms with van der Waals surface area (Å²) in [6, 6.07) is 3.89. The standard InChI is InChI=1S/C15H18F3N3OS2/c1-9-20-15(2,7-24(22)8-21(9)3)11-6-10(4-5-12(11)16)19-14(23)13(17)18/h4-6,13,20H,1,7-8H2,2-3H3,(H,19,23)/t15-,24?/m0/s1. The minimum atomic E-state index is -2.80. The van der Waals surface area contributed by atoms with Gasteiger partial charge in [-0.15, -0.1) is 0 Å². The number of anilines is 1. The van der Waals surface area contributed by atoms with Crippen LogP contribution in [0.4, 0.5) is 18.9 Å². The molecule has 0 amide bonds. The van der Waals surface area contributed by atoms with Crippen molar-refractivity contribution < 1.29 is 17.4 Å². The molecule has 1 saturated heterocycles. The van der Waals surface area contributed by atoms with E-state index in [4.69, 9.17) is 0 Å². The van der Waals surface area contributed by atoms with E-state index in [1.54, 1.807) is 18.9 Å². The first-order chi connectivity index (χ1) is 11.1. The second kappa shape index (κ2) is 7.10. The highest BCUT2D eigenvalue weighted by Crippen LogP contribution is 2.30. The topological polar surface area (TPSA) is 44.4 Å². The summed E-state index contributed by atoms with van der Waals surface area (Å²) < 4.78 is 51.8. The molecule has 132 valence electrons. The van der Waals surface area contributed by atoms with E-state index >= 15 is 0 Å². The van der Waals surface area contributed by atoms with Gasteiger partial charge in [0.2, 0.25) is 0 Å². The van der Waals surface area contributed by atoms with E-state index < -0.39 is 33.6 Å². The quantitative estimate of drug-likeness (QED) is 0.793.